The summed E-state index contributed by atoms with van der Waals surface area (Å²) in [6.45, 7) is 6.65. The maximum Gasteiger partial charge on any atom is 0.149 e. The molecule has 5 heteroatoms. The van der Waals surface area contributed by atoms with Crippen LogP contribution in [0.1, 0.15) is 19.4 Å². The van der Waals surface area contributed by atoms with Crippen molar-refractivity contribution >= 4 is 15.5 Å². The van der Waals surface area contributed by atoms with E-state index < -0.39 is 9.84 Å². The molecule has 0 aromatic heterocycles. The zero-order chi connectivity index (χ0) is 15.2. The van der Waals surface area contributed by atoms with Gasteiger partial charge in [-0.25, -0.2) is 8.42 Å². The summed E-state index contributed by atoms with van der Waals surface area (Å²) in [5.41, 5.74) is 2.29. The molecule has 0 fully saturated rings. The maximum absolute atomic E-state index is 11.3. The lowest BCUT2D eigenvalue weighted by Crippen LogP contribution is -2.27. The summed E-state index contributed by atoms with van der Waals surface area (Å²) >= 11 is 0. The average molecular weight is 298 g/mol. The molecule has 0 aliphatic carbocycles. The fourth-order valence-corrected chi connectivity index (χ4v) is 2.56. The van der Waals surface area contributed by atoms with Crippen molar-refractivity contribution in [2.24, 2.45) is 5.92 Å². The molecule has 0 radical (unpaired) electrons. The Kier molecular flexibility index (Phi) is 6.49. The summed E-state index contributed by atoms with van der Waals surface area (Å²) in [5, 5.41) is 3.42. The molecule has 0 bridgehead atoms. The first-order chi connectivity index (χ1) is 9.29. The fraction of sp³-hybridized carbons (Fsp3) is 0.600. The Balaban J connectivity index is 2.68. The van der Waals surface area contributed by atoms with Crippen LogP contribution in [0.3, 0.4) is 0 Å². The van der Waals surface area contributed by atoms with E-state index >= 15 is 0 Å². The van der Waals surface area contributed by atoms with Gasteiger partial charge in [-0.05, 0) is 24.1 Å². The smallest absolute Gasteiger partial charge is 0.149 e. The van der Waals surface area contributed by atoms with E-state index in [2.05, 4.69) is 25.2 Å². The van der Waals surface area contributed by atoms with Gasteiger partial charge in [0.05, 0.1) is 5.75 Å². The van der Waals surface area contributed by atoms with Crippen LogP contribution in [0.15, 0.2) is 24.3 Å². The van der Waals surface area contributed by atoms with Crippen LogP contribution in [-0.2, 0) is 16.4 Å². The molecule has 1 aromatic rings. The minimum atomic E-state index is -2.93. The molecule has 0 atom stereocenters. The van der Waals surface area contributed by atoms with Crippen LogP contribution in [0, 0.1) is 5.92 Å². The van der Waals surface area contributed by atoms with E-state index in [-0.39, 0.29) is 5.75 Å². The molecule has 4 nitrogen and oxygen atoms in total. The summed E-state index contributed by atoms with van der Waals surface area (Å²) < 4.78 is 22.5. The Morgan fingerprint density at radius 2 is 1.90 bits per heavy atom. The molecule has 1 N–H and O–H groups in total. The van der Waals surface area contributed by atoms with Crippen molar-refractivity contribution < 1.29 is 8.42 Å². The van der Waals surface area contributed by atoms with Crippen LogP contribution in [0.25, 0.3) is 0 Å². The van der Waals surface area contributed by atoms with Gasteiger partial charge >= 0.3 is 0 Å². The minimum absolute atomic E-state index is 0.178. The van der Waals surface area contributed by atoms with Crippen LogP contribution < -0.4 is 10.2 Å². The zero-order valence-electron chi connectivity index (χ0n) is 12.9. The molecule has 0 heterocycles. The average Bonchev–Trinajstić information content (AvgIpc) is 2.35. The number of hydrogen-bond donors (Lipinski definition) is 1. The van der Waals surface area contributed by atoms with Crippen molar-refractivity contribution in [3.05, 3.63) is 29.8 Å². The SMILES string of the molecule is CC(C)CNCc1ccccc1N(C)CCS(C)(=O)=O. The van der Waals surface area contributed by atoms with Gasteiger partial charge in [0.15, 0.2) is 0 Å². The summed E-state index contributed by atoms with van der Waals surface area (Å²) in [4.78, 5) is 2.01. The van der Waals surface area contributed by atoms with E-state index in [1.807, 2.05) is 30.1 Å². The van der Waals surface area contributed by atoms with Gasteiger partial charge in [-0.2, -0.15) is 0 Å². The molecular weight excluding hydrogens is 272 g/mol. The van der Waals surface area contributed by atoms with Crippen molar-refractivity contribution in [2.75, 3.05) is 37.0 Å². The summed E-state index contributed by atoms with van der Waals surface area (Å²) in [6, 6.07) is 8.12. The number of nitrogens with zero attached hydrogens (tertiary/aromatic N) is 1. The van der Waals surface area contributed by atoms with Gasteiger partial charge in [-0.15, -0.1) is 0 Å². The van der Waals surface area contributed by atoms with Crippen LogP contribution in [-0.4, -0.2) is 40.6 Å². The molecule has 0 saturated carbocycles. The molecule has 0 spiro atoms. The predicted molar refractivity (Wildman–Crippen MR) is 86.0 cm³/mol. The third-order valence-electron chi connectivity index (χ3n) is 3.07. The molecule has 1 aromatic carbocycles. The van der Waals surface area contributed by atoms with E-state index in [0.717, 1.165) is 18.8 Å². The Morgan fingerprint density at radius 1 is 1.25 bits per heavy atom. The number of sulfone groups is 1. The van der Waals surface area contributed by atoms with E-state index in [4.69, 9.17) is 0 Å². The number of nitrogens with one attached hydrogen (secondary N) is 1. The highest BCUT2D eigenvalue weighted by Crippen LogP contribution is 2.19. The van der Waals surface area contributed by atoms with Crippen LogP contribution in [0.4, 0.5) is 5.69 Å². The molecule has 114 valence electrons. The fourth-order valence-electron chi connectivity index (χ4n) is 1.95. The van der Waals surface area contributed by atoms with Gasteiger partial charge in [-0.3, -0.25) is 0 Å². The Labute approximate surface area is 123 Å². The van der Waals surface area contributed by atoms with Crippen LogP contribution in [0.5, 0.6) is 0 Å². The van der Waals surface area contributed by atoms with E-state index in [9.17, 15) is 8.42 Å². The second-order valence-electron chi connectivity index (χ2n) is 5.70. The molecule has 20 heavy (non-hydrogen) atoms. The molecule has 0 aliphatic rings. The molecular formula is C15H26N2O2S. The van der Waals surface area contributed by atoms with Gasteiger partial charge in [-0.1, -0.05) is 32.0 Å². The lowest BCUT2D eigenvalue weighted by molar-refractivity contribution is 0.552. The van der Waals surface area contributed by atoms with Gasteiger partial charge in [0.25, 0.3) is 0 Å². The number of hydrogen-bond acceptors (Lipinski definition) is 4. The second kappa shape index (κ2) is 7.64. The first-order valence-corrected chi connectivity index (χ1v) is 9.03. The lowest BCUT2D eigenvalue weighted by Gasteiger charge is -2.22. The summed E-state index contributed by atoms with van der Waals surface area (Å²) in [5.74, 6) is 0.794. The van der Waals surface area contributed by atoms with Gasteiger partial charge in [0.2, 0.25) is 0 Å². The first kappa shape index (κ1) is 17.0. The number of para-hydroxylation sites is 1. The number of rotatable bonds is 8. The molecule has 0 saturated heterocycles. The van der Waals surface area contributed by atoms with Gasteiger partial charge in [0, 0.05) is 32.1 Å². The van der Waals surface area contributed by atoms with Gasteiger partial charge in [0.1, 0.15) is 9.84 Å². The zero-order valence-corrected chi connectivity index (χ0v) is 13.7. The van der Waals surface area contributed by atoms with E-state index in [0.29, 0.717) is 12.5 Å². The predicted octanol–water partition coefficient (Wildman–Crippen LogP) is 1.91. The van der Waals surface area contributed by atoms with Crippen molar-refractivity contribution in [1.82, 2.24) is 5.32 Å². The number of benzene rings is 1. The highest BCUT2D eigenvalue weighted by atomic mass is 32.2. The van der Waals surface area contributed by atoms with E-state index in [1.165, 1.54) is 11.8 Å². The third-order valence-corrected chi connectivity index (χ3v) is 3.99. The Hall–Kier alpha value is -1.07. The van der Waals surface area contributed by atoms with E-state index in [1.54, 1.807) is 0 Å². The van der Waals surface area contributed by atoms with Crippen LogP contribution >= 0.6 is 0 Å². The van der Waals surface area contributed by atoms with Gasteiger partial charge < -0.3 is 10.2 Å². The molecule has 1 rings (SSSR count). The largest absolute Gasteiger partial charge is 0.373 e. The van der Waals surface area contributed by atoms with Crippen molar-refractivity contribution in [2.45, 2.75) is 20.4 Å². The molecule has 0 aliphatic heterocycles. The minimum Gasteiger partial charge on any atom is -0.373 e. The first-order valence-electron chi connectivity index (χ1n) is 6.97. The van der Waals surface area contributed by atoms with Crippen LogP contribution in [0.2, 0.25) is 0 Å². The highest BCUT2D eigenvalue weighted by Gasteiger charge is 2.09. The van der Waals surface area contributed by atoms with Crippen molar-refractivity contribution in [3.8, 4) is 0 Å². The summed E-state index contributed by atoms with van der Waals surface area (Å²) in [6.07, 6.45) is 1.27. The van der Waals surface area contributed by atoms with Crippen molar-refractivity contribution in [1.29, 1.82) is 0 Å². The summed E-state index contributed by atoms with van der Waals surface area (Å²) in [7, 11) is -0.989. The normalized spacial score (nSPS) is 11.8. The topological polar surface area (TPSA) is 49.4 Å². The Morgan fingerprint density at radius 3 is 2.50 bits per heavy atom. The quantitative estimate of drug-likeness (QED) is 0.796. The maximum atomic E-state index is 11.3. The standard InChI is InChI=1S/C15H26N2O2S/c1-13(2)11-16-12-14-7-5-6-8-15(14)17(3)9-10-20(4,18)19/h5-8,13,16H,9-12H2,1-4H3. The Bertz CT molecular complexity index is 512. The molecule has 0 amide bonds. The monoisotopic (exact) mass is 298 g/mol. The lowest BCUT2D eigenvalue weighted by atomic mass is 10.1. The third kappa shape index (κ3) is 6.39. The second-order valence-corrected chi connectivity index (χ2v) is 7.96. The van der Waals surface area contributed by atoms with Crippen molar-refractivity contribution in [3.63, 3.8) is 0 Å². The highest BCUT2D eigenvalue weighted by molar-refractivity contribution is 7.90. The molecule has 0 unspecified atom stereocenters. The number of anilines is 1.